The zero-order valence-corrected chi connectivity index (χ0v) is 4.13. The molecule has 0 N–H and O–H groups in total. The van der Waals surface area contributed by atoms with Crippen molar-refractivity contribution in [2.24, 2.45) is 0 Å². The smallest absolute Gasteiger partial charge is 0.185 e. The lowest BCUT2D eigenvalue weighted by Gasteiger charge is -1.68. The van der Waals surface area contributed by atoms with Crippen molar-refractivity contribution in [2.45, 2.75) is 0 Å². The molecule has 0 unspecified atom stereocenters. The Balaban J connectivity index is 0.000000490. The van der Waals surface area contributed by atoms with Gasteiger partial charge in [0.2, 0.25) is 0 Å². The summed E-state index contributed by atoms with van der Waals surface area (Å²) >= 11 is 0. The van der Waals surface area contributed by atoms with Gasteiger partial charge in [0.1, 0.15) is 0 Å². The second kappa shape index (κ2) is 3.02. The maximum atomic E-state index is 9.77. The van der Waals surface area contributed by atoms with Gasteiger partial charge in [0, 0.05) is 7.43 Å². The number of carbonyl (C=O) groups is 1. The molecular formula is C6H4O2. The van der Waals surface area contributed by atoms with Gasteiger partial charge in [0.15, 0.2) is 12.0 Å². The maximum absolute atomic E-state index is 9.77. The lowest BCUT2D eigenvalue weighted by atomic mass is 10.5. The number of hydrogen-bond acceptors (Lipinski definition) is 2. The lowest BCUT2D eigenvalue weighted by Crippen LogP contribution is -1.65. The van der Waals surface area contributed by atoms with Gasteiger partial charge in [-0.25, -0.2) is 0 Å². The van der Waals surface area contributed by atoms with E-state index < -0.39 is 0 Å². The molecule has 0 saturated carbocycles. The van der Waals surface area contributed by atoms with Gasteiger partial charge in [-0.15, -0.1) is 0 Å². The normalized spacial score (nSPS) is 7.50. The van der Waals surface area contributed by atoms with Gasteiger partial charge in [-0.3, -0.25) is 4.79 Å². The van der Waals surface area contributed by atoms with Gasteiger partial charge in [0.05, 0.1) is 6.26 Å². The molecule has 0 aliphatic heterocycles. The van der Waals surface area contributed by atoms with Crippen LogP contribution in [0.4, 0.5) is 0 Å². The summed E-state index contributed by atoms with van der Waals surface area (Å²) in [7, 11) is 0. The SMILES string of the molecule is O=Cc1ccco1.[C]. The molecule has 2 heteroatoms. The van der Waals surface area contributed by atoms with Gasteiger partial charge >= 0.3 is 0 Å². The molecule has 1 aromatic rings. The fraction of sp³-hybridized carbons (Fsp3) is 0. The van der Waals surface area contributed by atoms with E-state index in [0.717, 1.165) is 0 Å². The predicted molar refractivity (Wildman–Crippen MR) is 27.3 cm³/mol. The highest BCUT2D eigenvalue weighted by atomic mass is 16.3. The number of rotatable bonds is 1. The highest BCUT2D eigenvalue weighted by molar-refractivity contribution is 5.69. The van der Waals surface area contributed by atoms with Crippen molar-refractivity contribution in [3.8, 4) is 0 Å². The van der Waals surface area contributed by atoms with E-state index in [9.17, 15) is 4.79 Å². The summed E-state index contributed by atoms with van der Waals surface area (Å²) in [5.41, 5.74) is 0. The van der Waals surface area contributed by atoms with Gasteiger partial charge in [-0.1, -0.05) is 0 Å². The fourth-order valence-corrected chi connectivity index (χ4v) is 0.358. The Kier molecular flexibility index (Phi) is 2.62. The molecule has 0 aromatic carbocycles. The Labute approximate surface area is 48.1 Å². The second-order valence-corrected chi connectivity index (χ2v) is 1.13. The summed E-state index contributed by atoms with van der Waals surface area (Å²) in [6.07, 6.45) is 2.13. The molecule has 0 bridgehead atoms. The quantitative estimate of drug-likeness (QED) is 0.505. The van der Waals surface area contributed by atoms with Crippen LogP contribution in [-0.4, -0.2) is 6.29 Å². The van der Waals surface area contributed by atoms with E-state index >= 15 is 0 Å². The van der Waals surface area contributed by atoms with Crippen molar-refractivity contribution < 1.29 is 9.21 Å². The van der Waals surface area contributed by atoms with Crippen LogP contribution in [0.15, 0.2) is 22.8 Å². The van der Waals surface area contributed by atoms with Crippen LogP contribution in [0.25, 0.3) is 0 Å². The van der Waals surface area contributed by atoms with E-state index in [4.69, 9.17) is 0 Å². The molecule has 8 heavy (non-hydrogen) atoms. The van der Waals surface area contributed by atoms with Gasteiger partial charge in [0.25, 0.3) is 0 Å². The number of hydrogen-bond donors (Lipinski definition) is 0. The Morgan fingerprint density at radius 1 is 1.62 bits per heavy atom. The molecule has 0 atom stereocenters. The van der Waals surface area contributed by atoms with E-state index in [-0.39, 0.29) is 7.43 Å². The van der Waals surface area contributed by atoms with Crippen molar-refractivity contribution in [1.29, 1.82) is 0 Å². The van der Waals surface area contributed by atoms with E-state index in [0.29, 0.717) is 12.0 Å². The predicted octanol–water partition coefficient (Wildman–Crippen LogP) is 1.17. The average molecular weight is 108 g/mol. The number of aldehydes is 1. The largest absolute Gasteiger partial charge is 0.462 e. The molecule has 1 heterocycles. The van der Waals surface area contributed by atoms with E-state index in [1.54, 1.807) is 12.1 Å². The van der Waals surface area contributed by atoms with Crippen LogP contribution >= 0.6 is 0 Å². The highest BCUT2D eigenvalue weighted by Crippen LogP contribution is 1.92. The molecule has 40 valence electrons. The Hall–Kier alpha value is -1.05. The summed E-state index contributed by atoms with van der Waals surface area (Å²) in [6, 6.07) is 3.27. The summed E-state index contributed by atoms with van der Waals surface area (Å²) in [5, 5.41) is 0. The topological polar surface area (TPSA) is 30.2 Å². The first-order valence-corrected chi connectivity index (χ1v) is 1.92. The third kappa shape index (κ3) is 1.22. The molecule has 0 aliphatic carbocycles. The standard InChI is InChI=1S/C5H4O2.C/c6-4-5-2-1-3-7-5;/h1-4H;. The third-order valence-electron chi connectivity index (χ3n) is 0.659. The van der Waals surface area contributed by atoms with Crippen LogP contribution in [0.1, 0.15) is 10.6 Å². The molecule has 0 spiro atoms. The number of carbonyl (C=O) groups excluding carboxylic acids is 1. The van der Waals surface area contributed by atoms with Crippen LogP contribution in [0.2, 0.25) is 0 Å². The minimum Gasteiger partial charge on any atom is -0.462 e. The fourth-order valence-electron chi connectivity index (χ4n) is 0.358. The average Bonchev–Trinajstić information content (AvgIpc) is 2.14. The summed E-state index contributed by atoms with van der Waals surface area (Å²) in [5.74, 6) is 0.375. The van der Waals surface area contributed by atoms with Crippen molar-refractivity contribution in [3.05, 3.63) is 31.6 Å². The highest BCUT2D eigenvalue weighted by Gasteiger charge is 1.84. The monoisotopic (exact) mass is 108 g/mol. The van der Waals surface area contributed by atoms with Crippen LogP contribution in [0, 0.1) is 7.43 Å². The first kappa shape index (κ1) is 6.95. The Bertz CT molecular complexity index is 142. The lowest BCUT2D eigenvalue weighted by molar-refractivity contribution is 0.110. The zero-order valence-electron chi connectivity index (χ0n) is 4.13. The van der Waals surface area contributed by atoms with Gasteiger partial charge in [-0.2, -0.15) is 0 Å². The Morgan fingerprint density at radius 3 is 2.62 bits per heavy atom. The molecule has 0 aliphatic rings. The first-order valence-electron chi connectivity index (χ1n) is 1.92. The van der Waals surface area contributed by atoms with Crippen molar-refractivity contribution in [1.82, 2.24) is 0 Å². The van der Waals surface area contributed by atoms with Crippen LogP contribution < -0.4 is 0 Å². The third-order valence-corrected chi connectivity index (χ3v) is 0.659. The molecule has 1 rings (SSSR count). The molecular weight excluding hydrogens is 104 g/mol. The van der Waals surface area contributed by atoms with Crippen molar-refractivity contribution in [3.63, 3.8) is 0 Å². The Morgan fingerprint density at radius 2 is 2.38 bits per heavy atom. The molecule has 0 fully saturated rings. The number of furan rings is 1. The van der Waals surface area contributed by atoms with Crippen molar-refractivity contribution in [2.75, 3.05) is 0 Å². The van der Waals surface area contributed by atoms with E-state index in [1.165, 1.54) is 6.26 Å². The van der Waals surface area contributed by atoms with Crippen LogP contribution in [-0.2, 0) is 0 Å². The van der Waals surface area contributed by atoms with E-state index in [1.807, 2.05) is 0 Å². The van der Waals surface area contributed by atoms with Crippen LogP contribution in [0.3, 0.4) is 0 Å². The molecule has 4 radical (unpaired) electrons. The van der Waals surface area contributed by atoms with Crippen molar-refractivity contribution >= 4 is 6.29 Å². The molecule has 2 nitrogen and oxygen atoms in total. The molecule has 0 amide bonds. The second-order valence-electron chi connectivity index (χ2n) is 1.13. The molecule has 0 saturated heterocycles. The maximum Gasteiger partial charge on any atom is 0.185 e. The summed E-state index contributed by atoms with van der Waals surface area (Å²) < 4.78 is 4.61. The molecule has 1 aromatic heterocycles. The van der Waals surface area contributed by atoms with Gasteiger partial charge < -0.3 is 4.42 Å². The summed E-state index contributed by atoms with van der Waals surface area (Å²) in [4.78, 5) is 9.77. The first-order chi connectivity index (χ1) is 3.43. The summed E-state index contributed by atoms with van der Waals surface area (Å²) in [6.45, 7) is 0. The zero-order chi connectivity index (χ0) is 5.11. The van der Waals surface area contributed by atoms with E-state index in [2.05, 4.69) is 4.42 Å². The van der Waals surface area contributed by atoms with Crippen LogP contribution in [0.5, 0.6) is 0 Å². The minimum atomic E-state index is 0. The minimum absolute atomic E-state index is 0. The van der Waals surface area contributed by atoms with Gasteiger partial charge in [-0.05, 0) is 12.1 Å².